The molecular formula is C30H38N8O3. The molecule has 0 saturated carbocycles. The predicted octanol–water partition coefficient (Wildman–Crippen LogP) is 4.33. The molecule has 11 nitrogen and oxygen atoms in total. The van der Waals surface area contributed by atoms with E-state index in [1.807, 2.05) is 53.1 Å². The number of carbonyl (C=O) groups excluding carboxylic acids is 1. The van der Waals surface area contributed by atoms with Crippen LogP contribution in [0.4, 0.5) is 11.5 Å². The van der Waals surface area contributed by atoms with Crippen molar-refractivity contribution in [3.8, 4) is 16.9 Å². The van der Waals surface area contributed by atoms with E-state index >= 15 is 0 Å². The monoisotopic (exact) mass is 558 g/mol. The number of rotatable bonds is 9. The number of amides is 1. The van der Waals surface area contributed by atoms with Crippen LogP contribution in [0.2, 0.25) is 0 Å². The first-order valence-electron chi connectivity index (χ1n) is 14.0. The number of benzene rings is 1. The third-order valence-electron chi connectivity index (χ3n) is 7.22. The Hall–Kier alpha value is -4.09. The van der Waals surface area contributed by atoms with Crippen molar-refractivity contribution in [3.63, 3.8) is 0 Å². The highest BCUT2D eigenvalue weighted by Crippen LogP contribution is 2.26. The van der Waals surface area contributed by atoms with Gasteiger partial charge in [-0.25, -0.2) is 4.68 Å². The number of pyridine rings is 1. The maximum atomic E-state index is 13.0. The molecule has 1 aromatic carbocycles. The highest BCUT2D eigenvalue weighted by atomic mass is 16.5. The lowest BCUT2D eigenvalue weighted by molar-refractivity contribution is 0.102. The minimum atomic E-state index is -0.282. The molecule has 4 heterocycles. The number of carbonyl (C=O) groups is 1. The van der Waals surface area contributed by atoms with Crippen LogP contribution < -0.4 is 10.2 Å². The second-order valence-electron chi connectivity index (χ2n) is 11.3. The number of hydrogen-bond acceptors (Lipinski definition) is 9. The van der Waals surface area contributed by atoms with Crippen molar-refractivity contribution in [3.05, 3.63) is 65.8 Å². The standard InChI is InChI=1S/C30H38N8O3/c1-6-40-14-13-36-9-11-37(12-10-36)24-15-23(18-31-19-24)25-20-38(35-33-25)26-16-22(8-7-21(26)2)29(39)32-28-17-27(41-34-28)30(3,4)5/h7-8,15-20H,6,9-14H2,1-5H3,(H,32,34,39). The molecule has 41 heavy (non-hydrogen) atoms. The third kappa shape index (κ3) is 6.80. The second kappa shape index (κ2) is 12.2. The van der Waals surface area contributed by atoms with Gasteiger partial charge in [0.25, 0.3) is 5.91 Å². The van der Waals surface area contributed by atoms with Gasteiger partial charge >= 0.3 is 0 Å². The summed E-state index contributed by atoms with van der Waals surface area (Å²) in [4.78, 5) is 22.3. The fourth-order valence-corrected chi connectivity index (χ4v) is 4.70. The number of nitrogens with one attached hydrogen (secondary N) is 1. The largest absolute Gasteiger partial charge is 0.380 e. The Morgan fingerprint density at radius 1 is 1.10 bits per heavy atom. The highest BCUT2D eigenvalue weighted by molar-refractivity contribution is 6.04. The number of nitrogens with zero attached hydrogens (tertiary/aromatic N) is 7. The molecule has 1 fully saturated rings. The summed E-state index contributed by atoms with van der Waals surface area (Å²) in [5.74, 6) is 0.797. The van der Waals surface area contributed by atoms with E-state index in [1.165, 1.54) is 0 Å². The first-order chi connectivity index (χ1) is 19.7. The van der Waals surface area contributed by atoms with Crippen LogP contribution in [0.1, 0.15) is 49.4 Å². The summed E-state index contributed by atoms with van der Waals surface area (Å²) in [7, 11) is 0. The molecule has 5 rings (SSSR count). The first kappa shape index (κ1) is 28.4. The van der Waals surface area contributed by atoms with Crippen LogP contribution in [-0.4, -0.2) is 81.9 Å². The van der Waals surface area contributed by atoms with Gasteiger partial charge < -0.3 is 19.5 Å². The molecule has 0 atom stereocenters. The molecule has 11 heteroatoms. The predicted molar refractivity (Wildman–Crippen MR) is 158 cm³/mol. The summed E-state index contributed by atoms with van der Waals surface area (Å²) >= 11 is 0. The van der Waals surface area contributed by atoms with Crippen molar-refractivity contribution in [2.75, 3.05) is 56.2 Å². The molecule has 1 N–H and O–H groups in total. The zero-order valence-electron chi connectivity index (χ0n) is 24.4. The average molecular weight is 559 g/mol. The SMILES string of the molecule is CCOCCN1CCN(c2cncc(-c3cn(-c4cc(C(=O)Nc5cc(C(C)(C)C)on5)ccc4C)nn3)c2)CC1. The molecule has 1 saturated heterocycles. The molecule has 0 bridgehead atoms. The molecule has 216 valence electrons. The summed E-state index contributed by atoms with van der Waals surface area (Å²) in [5, 5.41) is 15.6. The number of piperazine rings is 1. The zero-order chi connectivity index (χ0) is 29.0. The Labute approximate surface area is 240 Å². The fraction of sp³-hybridized carbons (Fsp3) is 0.433. The van der Waals surface area contributed by atoms with Crippen LogP contribution in [0.25, 0.3) is 16.9 Å². The number of ether oxygens (including phenoxy) is 1. The lowest BCUT2D eigenvalue weighted by Gasteiger charge is -2.35. The summed E-state index contributed by atoms with van der Waals surface area (Å²) in [5.41, 5.74) is 4.67. The van der Waals surface area contributed by atoms with Gasteiger partial charge in [-0.1, -0.05) is 37.2 Å². The molecule has 0 aliphatic carbocycles. The van der Waals surface area contributed by atoms with Gasteiger partial charge in [-0.05, 0) is 37.6 Å². The minimum absolute atomic E-state index is 0.203. The van der Waals surface area contributed by atoms with Crippen LogP contribution in [-0.2, 0) is 10.2 Å². The van der Waals surface area contributed by atoms with E-state index in [0.29, 0.717) is 22.8 Å². The van der Waals surface area contributed by atoms with Crippen molar-refractivity contribution < 1.29 is 14.1 Å². The topological polar surface area (TPSA) is 114 Å². The van der Waals surface area contributed by atoms with Gasteiger partial charge in [0.1, 0.15) is 11.5 Å². The van der Waals surface area contributed by atoms with Gasteiger partial charge in [-0.2, -0.15) is 0 Å². The maximum Gasteiger partial charge on any atom is 0.256 e. The first-order valence-corrected chi connectivity index (χ1v) is 14.0. The van der Waals surface area contributed by atoms with E-state index in [9.17, 15) is 4.79 Å². The Morgan fingerprint density at radius 2 is 1.90 bits per heavy atom. The molecular weight excluding hydrogens is 520 g/mol. The van der Waals surface area contributed by atoms with Gasteiger partial charge in [0.05, 0.1) is 30.4 Å². The molecule has 3 aromatic heterocycles. The lowest BCUT2D eigenvalue weighted by Crippen LogP contribution is -2.47. The molecule has 4 aromatic rings. The van der Waals surface area contributed by atoms with Crippen molar-refractivity contribution in [1.29, 1.82) is 0 Å². The summed E-state index contributed by atoms with van der Waals surface area (Å²) in [6, 6.07) is 9.33. The van der Waals surface area contributed by atoms with E-state index in [-0.39, 0.29) is 11.3 Å². The number of anilines is 2. The Morgan fingerprint density at radius 3 is 2.63 bits per heavy atom. The molecule has 1 aliphatic heterocycles. The van der Waals surface area contributed by atoms with Crippen LogP contribution in [0.3, 0.4) is 0 Å². The van der Waals surface area contributed by atoms with Gasteiger partial charge in [-0.15, -0.1) is 5.10 Å². The smallest absolute Gasteiger partial charge is 0.256 e. The van der Waals surface area contributed by atoms with Crippen molar-refractivity contribution >= 4 is 17.4 Å². The van der Waals surface area contributed by atoms with Crippen LogP contribution in [0, 0.1) is 6.92 Å². The Kier molecular flexibility index (Phi) is 8.46. The van der Waals surface area contributed by atoms with Gasteiger partial charge in [0.15, 0.2) is 5.82 Å². The van der Waals surface area contributed by atoms with Gasteiger partial charge in [0.2, 0.25) is 0 Å². The normalized spacial score (nSPS) is 14.4. The van der Waals surface area contributed by atoms with Crippen LogP contribution in [0.15, 0.2) is 53.4 Å². The van der Waals surface area contributed by atoms with Crippen molar-refractivity contribution in [2.24, 2.45) is 0 Å². The Balaban J connectivity index is 1.28. The van der Waals surface area contributed by atoms with Gasteiger partial charge in [-0.3, -0.25) is 14.7 Å². The van der Waals surface area contributed by atoms with E-state index in [4.69, 9.17) is 9.26 Å². The zero-order valence-corrected chi connectivity index (χ0v) is 24.4. The summed E-state index contributed by atoms with van der Waals surface area (Å²) < 4.78 is 12.6. The number of aryl methyl sites for hydroxylation is 1. The highest BCUT2D eigenvalue weighted by Gasteiger charge is 2.21. The minimum Gasteiger partial charge on any atom is -0.380 e. The third-order valence-corrected chi connectivity index (χ3v) is 7.22. The summed E-state index contributed by atoms with van der Waals surface area (Å²) in [6.45, 7) is 16.4. The van der Waals surface area contributed by atoms with E-state index in [0.717, 1.165) is 68.4 Å². The average Bonchev–Trinajstić information content (AvgIpc) is 3.64. The second-order valence-corrected chi connectivity index (χ2v) is 11.3. The number of aromatic nitrogens is 5. The van der Waals surface area contributed by atoms with Crippen molar-refractivity contribution in [1.82, 2.24) is 30.0 Å². The van der Waals surface area contributed by atoms with Gasteiger partial charge in [0, 0.05) is 68.1 Å². The summed E-state index contributed by atoms with van der Waals surface area (Å²) in [6.07, 6.45) is 5.57. The number of hydrogen-bond donors (Lipinski definition) is 1. The Bertz CT molecular complexity index is 1480. The van der Waals surface area contributed by atoms with Crippen LogP contribution >= 0.6 is 0 Å². The van der Waals surface area contributed by atoms with E-state index in [1.54, 1.807) is 29.1 Å². The molecule has 0 radical (unpaired) electrons. The van der Waals surface area contributed by atoms with Crippen molar-refractivity contribution in [2.45, 2.75) is 40.0 Å². The molecule has 0 unspecified atom stereocenters. The molecule has 0 spiro atoms. The van der Waals surface area contributed by atoms with Crippen LogP contribution in [0.5, 0.6) is 0 Å². The van der Waals surface area contributed by atoms with E-state index < -0.39 is 0 Å². The molecule has 1 aliphatic rings. The maximum absolute atomic E-state index is 13.0. The quantitative estimate of drug-likeness (QED) is 0.300. The fourth-order valence-electron chi connectivity index (χ4n) is 4.70. The lowest BCUT2D eigenvalue weighted by atomic mass is 9.93. The molecule has 1 amide bonds. The van der Waals surface area contributed by atoms with E-state index in [2.05, 4.69) is 41.6 Å².